The molecule has 1 fully saturated rings. The number of hydrogen-bond donors (Lipinski definition) is 0. The van der Waals surface area contributed by atoms with Crippen LogP contribution < -0.4 is 0 Å². The van der Waals surface area contributed by atoms with Crippen molar-refractivity contribution in [3.05, 3.63) is 12.8 Å². The van der Waals surface area contributed by atoms with Crippen molar-refractivity contribution in [3.63, 3.8) is 0 Å². The maximum Gasteiger partial charge on any atom is 0.0589 e. The fraction of sp³-hybridized carbons (Fsp3) is 0.778. The third-order valence-electron chi connectivity index (χ3n) is 2.28. The second kappa shape index (κ2) is 5.17. The third kappa shape index (κ3) is 2.83. The van der Waals surface area contributed by atoms with E-state index in [2.05, 4.69) is 16.4 Å². The predicted octanol–water partition coefficient (Wildman–Crippen LogP) is 0.394. The lowest BCUT2D eigenvalue weighted by atomic mass is 10.3. The maximum absolute atomic E-state index is 5.02. The van der Waals surface area contributed by atoms with Crippen LogP contribution in [-0.4, -0.2) is 56.2 Å². The number of rotatable bonds is 4. The first-order chi connectivity index (χ1) is 5.86. The molecular formula is C9H18N2O. The van der Waals surface area contributed by atoms with Gasteiger partial charge in [-0.1, -0.05) is 6.58 Å². The van der Waals surface area contributed by atoms with Gasteiger partial charge < -0.3 is 9.64 Å². The summed E-state index contributed by atoms with van der Waals surface area (Å²) in [7, 11) is 1.75. The zero-order chi connectivity index (χ0) is 8.81. The molecule has 0 aromatic carbocycles. The zero-order valence-corrected chi connectivity index (χ0v) is 7.83. The van der Waals surface area contributed by atoms with E-state index < -0.39 is 0 Å². The fourth-order valence-corrected chi connectivity index (χ4v) is 1.39. The monoisotopic (exact) mass is 170 g/mol. The number of methoxy groups -OCH3 is 1. The molecule has 1 saturated heterocycles. The van der Waals surface area contributed by atoms with E-state index in [1.165, 1.54) is 0 Å². The number of hydrogen-bond acceptors (Lipinski definition) is 3. The normalized spacial score (nSPS) is 19.6. The molecule has 12 heavy (non-hydrogen) atoms. The topological polar surface area (TPSA) is 15.7 Å². The van der Waals surface area contributed by atoms with E-state index in [1.54, 1.807) is 7.11 Å². The number of ether oxygens (including phenoxy) is 1. The molecule has 0 unspecified atom stereocenters. The van der Waals surface area contributed by atoms with E-state index in [0.717, 1.165) is 39.3 Å². The summed E-state index contributed by atoms with van der Waals surface area (Å²) < 4.78 is 5.02. The van der Waals surface area contributed by atoms with Gasteiger partial charge in [0, 0.05) is 39.8 Å². The Balaban J connectivity index is 2.12. The Morgan fingerprint density at radius 1 is 1.33 bits per heavy atom. The zero-order valence-electron chi connectivity index (χ0n) is 7.83. The molecule has 0 amide bonds. The van der Waals surface area contributed by atoms with Crippen LogP contribution >= 0.6 is 0 Å². The summed E-state index contributed by atoms with van der Waals surface area (Å²) in [6.45, 7) is 10.1. The van der Waals surface area contributed by atoms with E-state index in [9.17, 15) is 0 Å². The Kier molecular flexibility index (Phi) is 4.11. The lowest BCUT2D eigenvalue weighted by molar-refractivity contribution is 0.115. The molecule has 0 radical (unpaired) electrons. The molecule has 0 N–H and O–H groups in total. The van der Waals surface area contributed by atoms with Gasteiger partial charge in [-0.05, 0) is 6.20 Å². The highest BCUT2D eigenvalue weighted by atomic mass is 16.5. The quantitative estimate of drug-likeness (QED) is 0.607. The minimum Gasteiger partial charge on any atom is -0.383 e. The van der Waals surface area contributed by atoms with Crippen LogP contribution in [0.5, 0.6) is 0 Å². The molecule has 0 aromatic rings. The van der Waals surface area contributed by atoms with Crippen molar-refractivity contribution in [2.45, 2.75) is 0 Å². The predicted molar refractivity (Wildman–Crippen MR) is 50.1 cm³/mol. The minimum atomic E-state index is 0.841. The second-order valence-corrected chi connectivity index (χ2v) is 3.05. The Bertz CT molecular complexity index is 130. The molecule has 70 valence electrons. The van der Waals surface area contributed by atoms with Gasteiger partial charge in [-0.25, -0.2) is 0 Å². The Morgan fingerprint density at radius 2 is 2.00 bits per heavy atom. The van der Waals surface area contributed by atoms with Gasteiger partial charge in [-0.15, -0.1) is 0 Å². The summed E-state index contributed by atoms with van der Waals surface area (Å²) in [4.78, 5) is 4.67. The maximum atomic E-state index is 5.02. The molecule has 1 rings (SSSR count). The highest BCUT2D eigenvalue weighted by Crippen LogP contribution is 2.00. The second-order valence-electron chi connectivity index (χ2n) is 3.05. The van der Waals surface area contributed by atoms with Gasteiger partial charge >= 0.3 is 0 Å². The van der Waals surface area contributed by atoms with Crippen LogP contribution in [-0.2, 0) is 4.74 Å². The molecule has 0 saturated carbocycles. The van der Waals surface area contributed by atoms with E-state index in [0.29, 0.717) is 0 Å². The van der Waals surface area contributed by atoms with Crippen LogP contribution in [0.15, 0.2) is 12.8 Å². The number of nitrogens with zero attached hydrogens (tertiary/aromatic N) is 2. The molecule has 1 aliphatic rings. The van der Waals surface area contributed by atoms with E-state index in [1.807, 2.05) is 6.20 Å². The molecule has 0 bridgehead atoms. The van der Waals surface area contributed by atoms with Gasteiger partial charge in [-0.2, -0.15) is 0 Å². The van der Waals surface area contributed by atoms with Crippen molar-refractivity contribution in [2.24, 2.45) is 0 Å². The van der Waals surface area contributed by atoms with Crippen molar-refractivity contribution < 1.29 is 4.74 Å². The smallest absolute Gasteiger partial charge is 0.0589 e. The minimum absolute atomic E-state index is 0.841. The van der Waals surface area contributed by atoms with Crippen LogP contribution in [0.3, 0.4) is 0 Å². The van der Waals surface area contributed by atoms with Gasteiger partial charge in [0.15, 0.2) is 0 Å². The van der Waals surface area contributed by atoms with Crippen molar-refractivity contribution in [1.29, 1.82) is 0 Å². The first-order valence-corrected chi connectivity index (χ1v) is 4.44. The van der Waals surface area contributed by atoms with Gasteiger partial charge in [-0.3, -0.25) is 4.90 Å². The van der Waals surface area contributed by atoms with Gasteiger partial charge in [0.25, 0.3) is 0 Å². The van der Waals surface area contributed by atoms with Gasteiger partial charge in [0.1, 0.15) is 0 Å². The largest absolute Gasteiger partial charge is 0.383 e. The molecule has 0 atom stereocenters. The third-order valence-corrected chi connectivity index (χ3v) is 2.28. The highest BCUT2D eigenvalue weighted by Gasteiger charge is 2.12. The van der Waals surface area contributed by atoms with Crippen molar-refractivity contribution >= 4 is 0 Å². The lowest BCUT2D eigenvalue weighted by Crippen LogP contribution is -2.44. The van der Waals surface area contributed by atoms with E-state index in [-0.39, 0.29) is 0 Å². The van der Waals surface area contributed by atoms with Crippen molar-refractivity contribution in [2.75, 3.05) is 46.4 Å². The fourth-order valence-electron chi connectivity index (χ4n) is 1.39. The molecule has 3 heteroatoms. The molecule has 0 aliphatic carbocycles. The molecule has 1 aliphatic heterocycles. The Labute approximate surface area is 74.6 Å². The first kappa shape index (κ1) is 9.55. The molecule has 0 spiro atoms. The average molecular weight is 170 g/mol. The van der Waals surface area contributed by atoms with E-state index >= 15 is 0 Å². The van der Waals surface area contributed by atoms with Crippen molar-refractivity contribution in [3.8, 4) is 0 Å². The Morgan fingerprint density at radius 3 is 2.50 bits per heavy atom. The summed E-state index contributed by atoms with van der Waals surface area (Å²) >= 11 is 0. The van der Waals surface area contributed by atoms with Crippen LogP contribution in [0, 0.1) is 0 Å². The molecule has 3 nitrogen and oxygen atoms in total. The summed E-state index contributed by atoms with van der Waals surface area (Å²) in [6.07, 6.45) is 1.92. The lowest BCUT2D eigenvalue weighted by Gasteiger charge is -2.33. The average Bonchev–Trinajstić information content (AvgIpc) is 2.15. The summed E-state index contributed by atoms with van der Waals surface area (Å²) in [6, 6.07) is 0. The van der Waals surface area contributed by atoms with Gasteiger partial charge in [0.2, 0.25) is 0 Å². The summed E-state index contributed by atoms with van der Waals surface area (Å²) in [5.74, 6) is 0. The van der Waals surface area contributed by atoms with Crippen LogP contribution in [0.25, 0.3) is 0 Å². The van der Waals surface area contributed by atoms with Gasteiger partial charge in [0.05, 0.1) is 6.61 Å². The van der Waals surface area contributed by atoms with E-state index in [4.69, 9.17) is 4.74 Å². The standard InChI is InChI=1S/C9H18N2O/c1-3-10-4-6-11(7-5-10)8-9-12-2/h3H,1,4-9H2,2H3. The molecular weight excluding hydrogens is 152 g/mol. The summed E-state index contributed by atoms with van der Waals surface area (Å²) in [5.41, 5.74) is 0. The number of piperazine rings is 1. The molecule has 1 heterocycles. The highest BCUT2D eigenvalue weighted by molar-refractivity contribution is 4.78. The molecule has 0 aromatic heterocycles. The van der Waals surface area contributed by atoms with Crippen LogP contribution in [0.2, 0.25) is 0 Å². The van der Waals surface area contributed by atoms with Crippen LogP contribution in [0.1, 0.15) is 0 Å². The Hall–Kier alpha value is -0.540. The van der Waals surface area contributed by atoms with Crippen molar-refractivity contribution in [1.82, 2.24) is 9.80 Å². The SMILES string of the molecule is C=CN1CCN(CCOC)CC1. The first-order valence-electron chi connectivity index (χ1n) is 4.44. The van der Waals surface area contributed by atoms with Crippen LogP contribution in [0.4, 0.5) is 0 Å². The summed E-state index contributed by atoms with van der Waals surface area (Å²) in [5, 5.41) is 0.